The molecule has 2 aromatic rings. The lowest BCUT2D eigenvalue weighted by Gasteiger charge is -2.25. The monoisotopic (exact) mass is 396 g/mol. The Bertz CT molecular complexity index is 876. The van der Waals surface area contributed by atoms with Gasteiger partial charge in [0.15, 0.2) is 5.13 Å². The molecule has 10 heteroatoms. The molecule has 1 aliphatic rings. The minimum absolute atomic E-state index is 0.111. The first-order valence-corrected chi connectivity index (χ1v) is 10.8. The predicted molar refractivity (Wildman–Crippen MR) is 102 cm³/mol. The molecular weight excluding hydrogens is 376 g/mol. The van der Waals surface area contributed by atoms with Crippen LogP contribution in [0.25, 0.3) is 11.3 Å². The molecule has 2 heterocycles. The fourth-order valence-corrected chi connectivity index (χ4v) is 3.83. The van der Waals surface area contributed by atoms with Crippen molar-refractivity contribution >= 4 is 38.1 Å². The molecule has 0 spiro atoms. The zero-order valence-electron chi connectivity index (χ0n) is 14.3. The second kappa shape index (κ2) is 8.12. The van der Waals surface area contributed by atoms with E-state index >= 15 is 0 Å². The van der Waals surface area contributed by atoms with Gasteiger partial charge in [-0.1, -0.05) is 12.1 Å². The predicted octanol–water partition coefficient (Wildman–Crippen LogP) is 1.45. The summed E-state index contributed by atoms with van der Waals surface area (Å²) in [5.74, 6) is -0.111. The van der Waals surface area contributed by atoms with E-state index in [0.29, 0.717) is 36.3 Å². The van der Waals surface area contributed by atoms with Gasteiger partial charge in [-0.15, -0.1) is 11.3 Å². The van der Waals surface area contributed by atoms with E-state index in [0.717, 1.165) is 24.9 Å². The van der Waals surface area contributed by atoms with E-state index in [2.05, 4.69) is 15.0 Å². The lowest BCUT2D eigenvalue weighted by atomic mass is 10.1. The molecule has 0 unspecified atom stereocenters. The number of aromatic nitrogens is 1. The van der Waals surface area contributed by atoms with Gasteiger partial charge in [0, 0.05) is 29.7 Å². The largest absolute Gasteiger partial charge is 0.379 e. The fourth-order valence-electron chi connectivity index (χ4n) is 2.54. The molecule has 1 aromatic heterocycles. The molecular formula is C16H20N4O4S2. The molecule has 1 aromatic carbocycles. The number of amides is 1. The van der Waals surface area contributed by atoms with Crippen LogP contribution in [0.5, 0.6) is 0 Å². The molecule has 1 aliphatic heterocycles. The van der Waals surface area contributed by atoms with Crippen molar-refractivity contribution in [1.29, 1.82) is 0 Å². The van der Waals surface area contributed by atoms with Crippen molar-refractivity contribution in [2.45, 2.75) is 0 Å². The van der Waals surface area contributed by atoms with Crippen LogP contribution in [0.2, 0.25) is 0 Å². The topological polar surface area (TPSA) is 101 Å². The summed E-state index contributed by atoms with van der Waals surface area (Å²) in [5.41, 5.74) is 1.91. The van der Waals surface area contributed by atoms with Gasteiger partial charge in [0.05, 0.1) is 31.7 Å². The van der Waals surface area contributed by atoms with Crippen molar-refractivity contribution in [3.05, 3.63) is 29.6 Å². The molecule has 0 aliphatic carbocycles. The fraction of sp³-hybridized carbons (Fsp3) is 0.375. The van der Waals surface area contributed by atoms with Gasteiger partial charge < -0.3 is 10.1 Å². The molecule has 3 rings (SSSR count). The number of ether oxygens (including phenoxy) is 1. The highest BCUT2D eigenvalue weighted by atomic mass is 32.2. The molecule has 8 nitrogen and oxygen atoms in total. The molecule has 0 radical (unpaired) electrons. The summed E-state index contributed by atoms with van der Waals surface area (Å²) >= 11 is 1.33. The first-order valence-electron chi connectivity index (χ1n) is 8.03. The second-order valence-corrected chi connectivity index (χ2v) is 8.54. The van der Waals surface area contributed by atoms with Crippen LogP contribution in [0.1, 0.15) is 0 Å². The Morgan fingerprint density at radius 1 is 1.35 bits per heavy atom. The van der Waals surface area contributed by atoms with E-state index in [9.17, 15) is 13.2 Å². The average molecular weight is 396 g/mol. The second-order valence-electron chi connectivity index (χ2n) is 5.93. The number of nitrogens with one attached hydrogen (secondary N) is 2. The zero-order chi connectivity index (χ0) is 18.6. The Kier molecular flexibility index (Phi) is 5.87. The highest BCUT2D eigenvalue weighted by Gasteiger charge is 2.15. The zero-order valence-corrected chi connectivity index (χ0v) is 15.9. The number of morpholine rings is 1. The summed E-state index contributed by atoms with van der Waals surface area (Å²) in [7, 11) is -3.34. The first-order chi connectivity index (χ1) is 12.4. The smallest absolute Gasteiger partial charge is 0.240 e. The van der Waals surface area contributed by atoms with Gasteiger partial charge in [-0.2, -0.15) is 0 Å². The van der Waals surface area contributed by atoms with Crippen LogP contribution in [0.3, 0.4) is 0 Å². The molecule has 0 bridgehead atoms. The maximum absolute atomic E-state index is 12.1. The van der Waals surface area contributed by atoms with Crippen LogP contribution < -0.4 is 10.0 Å². The minimum atomic E-state index is -3.34. The first kappa shape index (κ1) is 18.8. The van der Waals surface area contributed by atoms with E-state index < -0.39 is 10.0 Å². The number of thiazole rings is 1. The summed E-state index contributed by atoms with van der Waals surface area (Å²) in [6, 6.07) is 6.96. The van der Waals surface area contributed by atoms with Crippen molar-refractivity contribution in [1.82, 2.24) is 9.88 Å². The van der Waals surface area contributed by atoms with Crippen LogP contribution in [0.15, 0.2) is 29.6 Å². The SMILES string of the molecule is CS(=O)(=O)Nc1cccc(-c2csc(NC(=O)CN3CCOCC3)n2)c1. The molecule has 0 saturated carbocycles. The molecule has 0 atom stereocenters. The van der Waals surface area contributed by atoms with E-state index in [4.69, 9.17) is 4.74 Å². The van der Waals surface area contributed by atoms with Gasteiger partial charge in [-0.05, 0) is 12.1 Å². The lowest BCUT2D eigenvalue weighted by molar-refractivity contribution is -0.118. The highest BCUT2D eigenvalue weighted by molar-refractivity contribution is 7.92. The molecule has 26 heavy (non-hydrogen) atoms. The van der Waals surface area contributed by atoms with Crippen LogP contribution in [0, 0.1) is 0 Å². The third kappa shape index (κ3) is 5.49. The molecule has 1 amide bonds. The van der Waals surface area contributed by atoms with Crippen LogP contribution >= 0.6 is 11.3 Å². The van der Waals surface area contributed by atoms with Crippen molar-refractivity contribution in [3.63, 3.8) is 0 Å². The van der Waals surface area contributed by atoms with Crippen molar-refractivity contribution in [2.24, 2.45) is 0 Å². The third-order valence-electron chi connectivity index (χ3n) is 3.68. The van der Waals surface area contributed by atoms with Crippen LogP contribution in [0.4, 0.5) is 10.8 Å². The number of rotatable bonds is 6. The van der Waals surface area contributed by atoms with Crippen LogP contribution in [-0.2, 0) is 19.6 Å². The molecule has 2 N–H and O–H groups in total. The Morgan fingerprint density at radius 2 is 2.12 bits per heavy atom. The third-order valence-corrected chi connectivity index (χ3v) is 5.05. The number of carbonyl (C=O) groups is 1. The summed E-state index contributed by atoms with van der Waals surface area (Å²) in [6.07, 6.45) is 1.10. The number of carbonyl (C=O) groups excluding carboxylic acids is 1. The summed E-state index contributed by atoms with van der Waals surface area (Å²) in [6.45, 7) is 3.10. The number of anilines is 2. The van der Waals surface area contributed by atoms with E-state index in [1.807, 2.05) is 16.3 Å². The molecule has 140 valence electrons. The Labute approximate surface area is 156 Å². The Balaban J connectivity index is 1.64. The van der Waals surface area contributed by atoms with Crippen LogP contribution in [-0.4, -0.2) is 63.3 Å². The minimum Gasteiger partial charge on any atom is -0.379 e. The summed E-state index contributed by atoms with van der Waals surface area (Å²) in [4.78, 5) is 18.6. The molecule has 1 fully saturated rings. The van der Waals surface area contributed by atoms with Crippen molar-refractivity contribution in [2.75, 3.05) is 49.1 Å². The maximum Gasteiger partial charge on any atom is 0.240 e. The normalized spacial score (nSPS) is 15.6. The van der Waals surface area contributed by atoms with Gasteiger partial charge in [0.25, 0.3) is 0 Å². The molecule has 1 saturated heterocycles. The maximum atomic E-state index is 12.1. The number of hydrogen-bond acceptors (Lipinski definition) is 7. The van der Waals surface area contributed by atoms with Gasteiger partial charge in [0.1, 0.15) is 0 Å². The Morgan fingerprint density at radius 3 is 2.85 bits per heavy atom. The average Bonchev–Trinajstić information content (AvgIpc) is 3.03. The number of hydrogen-bond donors (Lipinski definition) is 2. The van der Waals surface area contributed by atoms with E-state index in [1.54, 1.807) is 18.2 Å². The lowest BCUT2D eigenvalue weighted by Crippen LogP contribution is -2.41. The summed E-state index contributed by atoms with van der Waals surface area (Å²) < 4.78 is 30.4. The van der Waals surface area contributed by atoms with Gasteiger partial charge in [0.2, 0.25) is 15.9 Å². The highest BCUT2D eigenvalue weighted by Crippen LogP contribution is 2.27. The van der Waals surface area contributed by atoms with E-state index in [1.165, 1.54) is 11.3 Å². The number of nitrogens with zero attached hydrogens (tertiary/aromatic N) is 2. The van der Waals surface area contributed by atoms with Gasteiger partial charge >= 0.3 is 0 Å². The Hall–Kier alpha value is -2.01. The number of benzene rings is 1. The summed E-state index contributed by atoms with van der Waals surface area (Å²) in [5, 5.41) is 5.14. The quantitative estimate of drug-likeness (QED) is 0.767. The van der Waals surface area contributed by atoms with Gasteiger partial charge in [-0.25, -0.2) is 13.4 Å². The number of sulfonamides is 1. The van der Waals surface area contributed by atoms with E-state index in [-0.39, 0.29) is 5.91 Å². The van der Waals surface area contributed by atoms with Gasteiger partial charge in [-0.3, -0.25) is 14.4 Å². The van der Waals surface area contributed by atoms with Crippen molar-refractivity contribution < 1.29 is 17.9 Å². The van der Waals surface area contributed by atoms with Crippen molar-refractivity contribution in [3.8, 4) is 11.3 Å². The standard InChI is InChI=1S/C16H20N4O4S2/c1-26(22,23)19-13-4-2-3-12(9-13)14-11-25-16(17-14)18-15(21)10-20-5-7-24-8-6-20/h2-4,9,11,19H,5-8,10H2,1H3,(H,17,18,21).